The number of allylic oxidation sites excluding steroid dienone is 1. The van der Waals surface area contributed by atoms with E-state index >= 15 is 0 Å². The van der Waals surface area contributed by atoms with Crippen molar-refractivity contribution in [1.29, 1.82) is 0 Å². The Morgan fingerprint density at radius 3 is 2.17 bits per heavy atom. The summed E-state index contributed by atoms with van der Waals surface area (Å²) in [7, 11) is 12.6. The zero-order valence-electron chi connectivity index (χ0n) is 9.38. The third kappa shape index (κ3) is 2.12. The van der Waals surface area contributed by atoms with Crippen LogP contribution >= 0.6 is 19.4 Å². The predicted octanol–water partition coefficient (Wildman–Crippen LogP) is 4.69. The molecule has 0 aliphatic heterocycles. The number of rotatable bonds is 1. The second-order valence-corrected chi connectivity index (χ2v) is 9.74. The van der Waals surface area contributed by atoms with Gasteiger partial charge in [-0.15, -0.1) is 0 Å². The average Bonchev–Trinajstić information content (AvgIpc) is 2.79. The fraction of sp³-hybridized carbons (Fsp3) is 0. The third-order valence-corrected chi connectivity index (χ3v) is 6.11. The van der Waals surface area contributed by atoms with Crippen LogP contribution in [0.3, 0.4) is 0 Å². The van der Waals surface area contributed by atoms with Crippen molar-refractivity contribution in [1.82, 2.24) is 0 Å². The Morgan fingerprint density at radius 2 is 1.44 bits per heavy atom. The molecular weight excluding hydrogens is 352 g/mol. The van der Waals surface area contributed by atoms with Gasteiger partial charge in [-0.25, -0.2) is 0 Å². The maximum atomic E-state index is 6.29. The summed E-state index contributed by atoms with van der Waals surface area (Å²) < 4.78 is 1.14. The first-order chi connectivity index (χ1) is 8.77. The Hall–Kier alpha value is -0.747. The van der Waals surface area contributed by atoms with Crippen molar-refractivity contribution >= 4 is 35.1 Å². The van der Waals surface area contributed by atoms with Gasteiger partial charge < -0.3 is 0 Å². The van der Waals surface area contributed by atoms with Crippen molar-refractivity contribution in [3.8, 4) is 0 Å². The molecule has 92 valence electrons. The van der Waals surface area contributed by atoms with Crippen molar-refractivity contribution in [3.63, 3.8) is 0 Å². The Labute approximate surface area is 119 Å². The molecule has 18 heavy (non-hydrogen) atoms. The summed E-state index contributed by atoms with van der Waals surface area (Å²) in [4.78, 5) is 0. The van der Waals surface area contributed by atoms with Gasteiger partial charge in [-0.3, -0.25) is 0 Å². The molecule has 0 heterocycles. The van der Waals surface area contributed by atoms with Crippen LogP contribution in [0.5, 0.6) is 0 Å². The van der Waals surface area contributed by atoms with Crippen LogP contribution in [0, 0.1) is 0 Å². The second kappa shape index (κ2) is 5.09. The van der Waals surface area contributed by atoms with E-state index in [0.717, 1.165) is 4.11 Å². The Kier molecular flexibility index (Phi) is 3.48. The molecule has 0 aromatic heterocycles. The van der Waals surface area contributed by atoms with Gasteiger partial charge in [0.25, 0.3) is 0 Å². The van der Waals surface area contributed by atoms with E-state index in [9.17, 15) is 0 Å². The van der Waals surface area contributed by atoms with Crippen LogP contribution in [-0.2, 0) is 13.5 Å². The van der Waals surface area contributed by atoms with Gasteiger partial charge in [-0.05, 0) is 0 Å². The van der Waals surface area contributed by atoms with Crippen LogP contribution in [0.1, 0.15) is 16.7 Å². The van der Waals surface area contributed by atoms with Crippen molar-refractivity contribution in [2.45, 2.75) is 0 Å². The normalized spacial score (nSPS) is 14.2. The van der Waals surface area contributed by atoms with Gasteiger partial charge in [-0.2, -0.15) is 0 Å². The SMILES string of the molecule is [Cl][Ru]([Cl])=[C]1C(c2ccccc2)=Cc2ccccc21. The number of hydrogen-bond acceptors (Lipinski definition) is 0. The molecule has 0 N–H and O–H groups in total. The summed E-state index contributed by atoms with van der Waals surface area (Å²) in [6.45, 7) is 0. The first kappa shape index (κ1) is 12.3. The molecule has 1 aliphatic rings. The quantitative estimate of drug-likeness (QED) is 0.646. The van der Waals surface area contributed by atoms with Gasteiger partial charge in [0.05, 0.1) is 0 Å². The van der Waals surface area contributed by atoms with Crippen molar-refractivity contribution in [2.24, 2.45) is 0 Å². The van der Waals surface area contributed by atoms with Gasteiger partial charge in [0.1, 0.15) is 0 Å². The zero-order valence-corrected chi connectivity index (χ0v) is 12.6. The van der Waals surface area contributed by atoms with E-state index in [1.54, 1.807) is 0 Å². The predicted molar refractivity (Wildman–Crippen MR) is 76.6 cm³/mol. The fourth-order valence-electron chi connectivity index (χ4n) is 2.15. The third-order valence-electron chi connectivity index (χ3n) is 2.94. The number of fused-ring (bicyclic) bond motifs is 1. The van der Waals surface area contributed by atoms with Crippen molar-refractivity contribution in [2.75, 3.05) is 0 Å². The van der Waals surface area contributed by atoms with Gasteiger partial charge in [0.15, 0.2) is 0 Å². The van der Waals surface area contributed by atoms with Crippen LogP contribution in [-0.4, -0.2) is 4.11 Å². The molecule has 0 amide bonds. The van der Waals surface area contributed by atoms with Crippen LogP contribution < -0.4 is 0 Å². The van der Waals surface area contributed by atoms with E-state index in [0.29, 0.717) is 0 Å². The number of halogens is 2. The summed E-state index contributed by atoms with van der Waals surface area (Å²) in [5.41, 5.74) is 4.77. The molecule has 0 nitrogen and oxygen atoms in total. The molecule has 0 radical (unpaired) electrons. The maximum absolute atomic E-state index is 6.29. The molecule has 0 saturated heterocycles. The van der Waals surface area contributed by atoms with Crippen molar-refractivity contribution in [3.05, 3.63) is 71.3 Å². The molecular formula is C15H10Cl2Ru. The molecule has 0 atom stereocenters. The van der Waals surface area contributed by atoms with E-state index in [1.807, 2.05) is 30.3 Å². The van der Waals surface area contributed by atoms with Gasteiger partial charge in [-0.1, -0.05) is 0 Å². The summed E-state index contributed by atoms with van der Waals surface area (Å²) in [6, 6.07) is 18.6. The van der Waals surface area contributed by atoms with Crippen LogP contribution in [0.25, 0.3) is 11.6 Å². The molecule has 3 heteroatoms. The van der Waals surface area contributed by atoms with E-state index in [2.05, 4.69) is 30.3 Å². The van der Waals surface area contributed by atoms with Gasteiger partial charge in [0, 0.05) is 0 Å². The summed E-state index contributed by atoms with van der Waals surface area (Å²) in [6.07, 6.45) is 2.19. The van der Waals surface area contributed by atoms with E-state index in [4.69, 9.17) is 19.4 Å². The monoisotopic (exact) mass is 362 g/mol. The van der Waals surface area contributed by atoms with E-state index in [-0.39, 0.29) is 0 Å². The molecule has 0 unspecified atom stereocenters. The van der Waals surface area contributed by atoms with Gasteiger partial charge in [0.2, 0.25) is 0 Å². The summed E-state index contributed by atoms with van der Waals surface area (Å²) >= 11 is -1.94. The molecule has 0 spiro atoms. The van der Waals surface area contributed by atoms with Crippen LogP contribution in [0.2, 0.25) is 0 Å². The Morgan fingerprint density at radius 1 is 0.778 bits per heavy atom. The molecule has 3 rings (SSSR count). The first-order valence-electron chi connectivity index (χ1n) is 5.51. The molecule has 0 saturated carbocycles. The van der Waals surface area contributed by atoms with E-state index in [1.165, 1.54) is 22.3 Å². The van der Waals surface area contributed by atoms with Crippen molar-refractivity contribution < 1.29 is 13.5 Å². The average molecular weight is 362 g/mol. The molecule has 2 aromatic rings. The first-order valence-corrected chi connectivity index (χ1v) is 10.9. The molecule has 2 aromatic carbocycles. The molecule has 0 bridgehead atoms. The number of benzene rings is 2. The minimum atomic E-state index is -1.94. The Balaban J connectivity index is 2.22. The fourth-order valence-corrected chi connectivity index (χ4v) is 5.33. The van der Waals surface area contributed by atoms with Crippen LogP contribution in [0.4, 0.5) is 0 Å². The molecule has 0 fully saturated rings. The summed E-state index contributed by atoms with van der Waals surface area (Å²) in [5, 5.41) is 0. The molecule has 1 aliphatic carbocycles. The topological polar surface area (TPSA) is 0 Å². The van der Waals surface area contributed by atoms with E-state index < -0.39 is 13.5 Å². The zero-order chi connectivity index (χ0) is 12.5. The summed E-state index contributed by atoms with van der Waals surface area (Å²) in [5.74, 6) is 0. The Bertz CT molecular complexity index is 653. The van der Waals surface area contributed by atoms with Gasteiger partial charge >= 0.3 is 120 Å². The van der Waals surface area contributed by atoms with Crippen LogP contribution in [0.15, 0.2) is 54.6 Å². The standard InChI is InChI=1S/C15H10.2ClH.Ru/c1-2-6-12(7-3-1)15-10-13-8-4-5-9-14(13)11-15;;;/h1-10H;2*1H;/q;;;+2/p-2. The number of hydrogen-bond donors (Lipinski definition) is 0. The minimum absolute atomic E-state index is 1.14. The second-order valence-electron chi connectivity index (χ2n) is 4.00.